The van der Waals surface area contributed by atoms with Crippen molar-refractivity contribution < 1.29 is 9.53 Å². The number of benzene rings is 2. The van der Waals surface area contributed by atoms with E-state index in [-0.39, 0.29) is 6.03 Å². The molecule has 0 radical (unpaired) electrons. The van der Waals surface area contributed by atoms with E-state index in [1.165, 1.54) is 11.3 Å². The maximum Gasteiger partial charge on any atom is 0.315 e. The van der Waals surface area contributed by atoms with Crippen molar-refractivity contribution >= 4 is 23.3 Å². The molecule has 1 heterocycles. The highest BCUT2D eigenvalue weighted by Gasteiger charge is 2.24. The highest BCUT2D eigenvalue weighted by molar-refractivity contribution is 6.30. The second kappa shape index (κ2) is 9.00. The molecule has 27 heavy (non-hydrogen) atoms. The van der Waals surface area contributed by atoms with Crippen LogP contribution in [-0.4, -0.2) is 32.8 Å². The molecule has 2 amide bonds. The van der Waals surface area contributed by atoms with E-state index in [2.05, 4.69) is 28.5 Å². The topological polar surface area (TPSA) is 53.6 Å². The molecule has 144 valence electrons. The molecular weight excluding hydrogens is 362 g/mol. The van der Waals surface area contributed by atoms with Crippen LogP contribution in [-0.2, 0) is 6.54 Å². The summed E-state index contributed by atoms with van der Waals surface area (Å²) in [6.45, 7) is 5.11. The summed E-state index contributed by atoms with van der Waals surface area (Å²) in [5.41, 5.74) is 3.37. The normalized spacial score (nSPS) is 16.3. The average Bonchev–Trinajstić information content (AvgIpc) is 3.15. The fourth-order valence-electron chi connectivity index (χ4n) is 3.47. The van der Waals surface area contributed by atoms with Gasteiger partial charge in [0.2, 0.25) is 0 Å². The number of anilines is 1. The zero-order valence-electron chi connectivity index (χ0n) is 15.8. The lowest BCUT2D eigenvalue weighted by Gasteiger charge is -2.21. The van der Waals surface area contributed by atoms with Gasteiger partial charge in [-0.2, -0.15) is 0 Å². The lowest BCUT2D eigenvalue weighted by atomic mass is 10.1. The van der Waals surface area contributed by atoms with Crippen LogP contribution in [0.1, 0.15) is 17.5 Å². The Bertz CT molecular complexity index is 797. The van der Waals surface area contributed by atoms with Crippen molar-refractivity contribution in [2.45, 2.75) is 19.9 Å². The molecule has 0 bridgehead atoms. The largest absolute Gasteiger partial charge is 0.496 e. The van der Waals surface area contributed by atoms with Gasteiger partial charge < -0.3 is 20.3 Å². The molecule has 3 rings (SSSR count). The van der Waals surface area contributed by atoms with Gasteiger partial charge in [-0.05, 0) is 43.0 Å². The maximum absolute atomic E-state index is 12.1. The van der Waals surface area contributed by atoms with Gasteiger partial charge in [-0.3, -0.25) is 0 Å². The molecule has 0 saturated carbocycles. The number of halogens is 1. The van der Waals surface area contributed by atoms with Gasteiger partial charge in [-0.1, -0.05) is 35.9 Å². The summed E-state index contributed by atoms with van der Waals surface area (Å²) in [5, 5.41) is 6.64. The molecule has 1 aliphatic heterocycles. The van der Waals surface area contributed by atoms with Crippen LogP contribution in [0.5, 0.6) is 5.75 Å². The van der Waals surface area contributed by atoms with Crippen molar-refractivity contribution in [2.24, 2.45) is 5.92 Å². The number of carbonyl (C=O) groups excluding carboxylic acids is 1. The molecule has 1 unspecified atom stereocenters. The molecule has 6 heteroatoms. The number of nitrogens with one attached hydrogen (secondary N) is 2. The number of nitrogens with zero attached hydrogens (tertiary/aromatic N) is 1. The minimum absolute atomic E-state index is 0.154. The lowest BCUT2D eigenvalue weighted by Crippen LogP contribution is -2.38. The van der Waals surface area contributed by atoms with Gasteiger partial charge in [0.25, 0.3) is 0 Å². The smallest absolute Gasteiger partial charge is 0.315 e. The third kappa shape index (κ3) is 5.07. The fourth-order valence-corrected chi connectivity index (χ4v) is 3.63. The number of hydrogen-bond donors (Lipinski definition) is 2. The molecule has 1 aliphatic rings. The molecule has 0 aromatic heterocycles. The monoisotopic (exact) mass is 387 g/mol. The minimum Gasteiger partial charge on any atom is -0.496 e. The summed E-state index contributed by atoms with van der Waals surface area (Å²) < 4.78 is 5.30. The first kappa shape index (κ1) is 19.4. The van der Waals surface area contributed by atoms with Gasteiger partial charge >= 0.3 is 6.03 Å². The van der Waals surface area contributed by atoms with E-state index < -0.39 is 0 Å². The zero-order valence-corrected chi connectivity index (χ0v) is 16.6. The summed E-state index contributed by atoms with van der Waals surface area (Å²) >= 11 is 6.14. The number of amides is 2. The summed E-state index contributed by atoms with van der Waals surface area (Å²) in [6.07, 6.45) is 1.05. The zero-order chi connectivity index (χ0) is 19.2. The van der Waals surface area contributed by atoms with Crippen LogP contribution >= 0.6 is 11.6 Å². The van der Waals surface area contributed by atoms with E-state index in [9.17, 15) is 4.79 Å². The number of carbonyl (C=O) groups is 1. The third-order valence-corrected chi connectivity index (χ3v) is 5.22. The van der Waals surface area contributed by atoms with Crippen molar-refractivity contribution in [3.05, 3.63) is 58.6 Å². The summed E-state index contributed by atoms with van der Waals surface area (Å²) in [5.74, 6) is 1.21. The fraction of sp³-hybridized carbons (Fsp3) is 0.381. The Balaban J connectivity index is 1.45. The Morgan fingerprint density at radius 3 is 2.89 bits per heavy atom. The quantitative estimate of drug-likeness (QED) is 0.788. The number of urea groups is 1. The second-order valence-electron chi connectivity index (χ2n) is 6.91. The van der Waals surface area contributed by atoms with Gasteiger partial charge in [-0.25, -0.2) is 4.79 Å². The molecule has 1 fully saturated rings. The molecule has 1 saturated heterocycles. The maximum atomic E-state index is 12.1. The first-order valence-corrected chi connectivity index (χ1v) is 9.59. The lowest BCUT2D eigenvalue weighted by molar-refractivity contribution is 0.238. The SMILES string of the molecule is COc1ccccc1CNC(=O)NCC1CCN(c2cc(Cl)ccc2C)C1. The number of para-hydroxylation sites is 1. The number of ether oxygens (including phenoxy) is 1. The van der Waals surface area contributed by atoms with E-state index in [1.54, 1.807) is 7.11 Å². The molecule has 0 aliphatic carbocycles. The van der Waals surface area contributed by atoms with E-state index in [0.29, 0.717) is 19.0 Å². The number of hydrogen-bond acceptors (Lipinski definition) is 3. The summed E-state index contributed by atoms with van der Waals surface area (Å²) in [7, 11) is 1.63. The van der Waals surface area contributed by atoms with Crippen molar-refractivity contribution in [1.29, 1.82) is 0 Å². The van der Waals surface area contributed by atoms with Crippen LogP contribution < -0.4 is 20.3 Å². The van der Waals surface area contributed by atoms with Gasteiger partial charge in [-0.15, -0.1) is 0 Å². The van der Waals surface area contributed by atoms with Crippen LogP contribution in [0, 0.1) is 12.8 Å². The van der Waals surface area contributed by atoms with Crippen molar-refractivity contribution in [1.82, 2.24) is 10.6 Å². The van der Waals surface area contributed by atoms with Gasteiger partial charge in [0.15, 0.2) is 0 Å². The molecular formula is C21H26ClN3O2. The van der Waals surface area contributed by atoms with Crippen LogP contribution in [0.3, 0.4) is 0 Å². The molecule has 2 aromatic carbocycles. The van der Waals surface area contributed by atoms with Gasteiger partial charge in [0.05, 0.1) is 7.11 Å². The van der Waals surface area contributed by atoms with Gasteiger partial charge in [0, 0.05) is 42.5 Å². The van der Waals surface area contributed by atoms with Crippen LogP contribution in [0.2, 0.25) is 5.02 Å². The van der Waals surface area contributed by atoms with Crippen molar-refractivity contribution in [2.75, 3.05) is 31.6 Å². The van der Waals surface area contributed by atoms with E-state index in [1.807, 2.05) is 36.4 Å². The summed E-state index contributed by atoms with van der Waals surface area (Å²) in [4.78, 5) is 14.5. The standard InChI is InChI=1S/C21H26ClN3O2/c1-15-7-8-18(22)11-19(15)25-10-9-16(14-25)12-23-21(26)24-13-17-5-3-4-6-20(17)27-2/h3-8,11,16H,9-10,12-14H2,1-2H3,(H2,23,24,26). The van der Waals surface area contributed by atoms with Crippen molar-refractivity contribution in [3.63, 3.8) is 0 Å². The van der Waals surface area contributed by atoms with Crippen molar-refractivity contribution in [3.8, 4) is 5.75 Å². The first-order chi connectivity index (χ1) is 13.1. The molecule has 2 aromatic rings. The van der Waals surface area contributed by atoms with Crippen LogP contribution in [0.25, 0.3) is 0 Å². The number of methoxy groups -OCH3 is 1. The van der Waals surface area contributed by atoms with Gasteiger partial charge in [0.1, 0.15) is 5.75 Å². The summed E-state index contributed by atoms with van der Waals surface area (Å²) in [6, 6.07) is 13.5. The van der Waals surface area contributed by atoms with E-state index >= 15 is 0 Å². The Kier molecular flexibility index (Phi) is 6.45. The highest BCUT2D eigenvalue weighted by atomic mass is 35.5. The minimum atomic E-state index is -0.154. The number of aryl methyl sites for hydroxylation is 1. The Hall–Kier alpha value is -2.40. The average molecular weight is 388 g/mol. The Labute approximate surface area is 165 Å². The molecule has 1 atom stereocenters. The predicted octanol–water partition coefficient (Wildman–Crippen LogP) is 3.98. The highest BCUT2D eigenvalue weighted by Crippen LogP contribution is 2.29. The second-order valence-corrected chi connectivity index (χ2v) is 7.34. The number of rotatable bonds is 6. The first-order valence-electron chi connectivity index (χ1n) is 9.21. The molecule has 0 spiro atoms. The molecule has 5 nitrogen and oxygen atoms in total. The Morgan fingerprint density at radius 2 is 2.07 bits per heavy atom. The van der Waals surface area contributed by atoms with Crippen LogP contribution in [0.4, 0.5) is 10.5 Å². The predicted molar refractivity (Wildman–Crippen MR) is 110 cm³/mol. The van der Waals surface area contributed by atoms with E-state index in [0.717, 1.165) is 35.8 Å². The molecule has 2 N–H and O–H groups in total. The Morgan fingerprint density at radius 1 is 1.26 bits per heavy atom. The van der Waals surface area contributed by atoms with Crippen LogP contribution in [0.15, 0.2) is 42.5 Å². The van der Waals surface area contributed by atoms with E-state index in [4.69, 9.17) is 16.3 Å². The third-order valence-electron chi connectivity index (χ3n) is 4.98.